The van der Waals surface area contributed by atoms with E-state index < -0.39 is 23.4 Å². The summed E-state index contributed by atoms with van der Waals surface area (Å²) in [5.41, 5.74) is -0.446. The van der Waals surface area contributed by atoms with E-state index in [0.29, 0.717) is 20.9 Å². The number of nitrogens with one attached hydrogen (secondary N) is 1. The van der Waals surface area contributed by atoms with Gasteiger partial charge in [-0.15, -0.1) is 0 Å². The normalized spacial score (nSPS) is 11.7. The molecule has 1 N–H and O–H groups in total. The lowest BCUT2D eigenvalue weighted by Gasteiger charge is -2.25. The van der Waals surface area contributed by atoms with Gasteiger partial charge in [0.05, 0.1) is 10.7 Å². The van der Waals surface area contributed by atoms with Crippen molar-refractivity contribution in [2.75, 3.05) is 17.3 Å². The highest BCUT2D eigenvalue weighted by Crippen LogP contribution is 2.35. The van der Waals surface area contributed by atoms with Crippen LogP contribution in [0.25, 0.3) is 0 Å². The summed E-state index contributed by atoms with van der Waals surface area (Å²) in [7, 11) is 1.57. The molecule has 0 radical (unpaired) electrons. The summed E-state index contributed by atoms with van der Waals surface area (Å²) in [6.45, 7) is 10.6. The number of halogens is 2. The number of amides is 2. The van der Waals surface area contributed by atoms with Crippen molar-refractivity contribution in [2.24, 2.45) is 0 Å². The highest BCUT2D eigenvalue weighted by Gasteiger charge is 2.23. The fourth-order valence-corrected chi connectivity index (χ4v) is 2.31. The maximum atomic E-state index is 12.2. The first-order chi connectivity index (χ1) is 11.2. The Kier molecular flexibility index (Phi) is 6.75. The monoisotopic (exact) mass is 434 g/mol. The quantitative estimate of drug-likeness (QED) is 0.635. The summed E-state index contributed by atoms with van der Waals surface area (Å²) in [4.78, 5) is 25.5. The van der Waals surface area contributed by atoms with E-state index >= 15 is 0 Å². The smallest absolute Gasteiger partial charge is 0.414 e. The molecular formula is C17H24BrClN2O4. The van der Waals surface area contributed by atoms with Crippen molar-refractivity contribution in [3.8, 4) is 0 Å². The Bertz CT molecular complexity index is 666. The van der Waals surface area contributed by atoms with E-state index in [4.69, 9.17) is 21.1 Å². The summed E-state index contributed by atoms with van der Waals surface area (Å²) >= 11 is 9.54. The minimum Gasteiger partial charge on any atom is -0.444 e. The standard InChI is InChI=1S/C17H24BrClN2O4/c1-16(2,3)24-14(22)20-12-9-10(8-11(18)13(12)19)21(7)15(23)25-17(4,5)6/h8-9H,1-7H3,(H,20,22). The zero-order valence-corrected chi connectivity index (χ0v) is 17.8. The Morgan fingerprint density at radius 2 is 1.60 bits per heavy atom. The van der Waals surface area contributed by atoms with Crippen LogP contribution in [0.5, 0.6) is 0 Å². The van der Waals surface area contributed by atoms with Gasteiger partial charge < -0.3 is 9.47 Å². The SMILES string of the molecule is CN(C(=O)OC(C)(C)C)c1cc(Br)c(Cl)c(NC(=O)OC(C)(C)C)c1. The van der Waals surface area contributed by atoms with Gasteiger partial charge >= 0.3 is 12.2 Å². The molecule has 0 atom stereocenters. The largest absolute Gasteiger partial charge is 0.444 e. The third kappa shape index (κ3) is 7.12. The average molecular weight is 436 g/mol. The van der Waals surface area contributed by atoms with Gasteiger partial charge in [0.25, 0.3) is 0 Å². The molecule has 2 amide bonds. The molecule has 0 aliphatic heterocycles. The van der Waals surface area contributed by atoms with E-state index in [1.807, 2.05) is 0 Å². The van der Waals surface area contributed by atoms with Crippen LogP contribution in [-0.2, 0) is 9.47 Å². The Hall–Kier alpha value is -1.47. The Morgan fingerprint density at radius 3 is 2.08 bits per heavy atom. The van der Waals surface area contributed by atoms with Gasteiger partial charge in [-0.1, -0.05) is 11.6 Å². The predicted octanol–water partition coefficient (Wildman–Crippen LogP) is 5.82. The number of benzene rings is 1. The van der Waals surface area contributed by atoms with Crippen molar-refractivity contribution in [1.29, 1.82) is 0 Å². The van der Waals surface area contributed by atoms with Crippen LogP contribution in [0.4, 0.5) is 21.0 Å². The molecule has 0 heterocycles. The van der Waals surface area contributed by atoms with E-state index in [1.54, 1.807) is 60.7 Å². The van der Waals surface area contributed by atoms with Gasteiger partial charge in [0, 0.05) is 17.2 Å². The van der Waals surface area contributed by atoms with E-state index in [-0.39, 0.29) is 0 Å². The van der Waals surface area contributed by atoms with Crippen LogP contribution in [0, 0.1) is 0 Å². The Balaban J connectivity index is 3.06. The van der Waals surface area contributed by atoms with Gasteiger partial charge in [0.1, 0.15) is 11.2 Å². The van der Waals surface area contributed by atoms with Gasteiger partial charge in [-0.2, -0.15) is 0 Å². The minimum atomic E-state index is -0.640. The molecule has 140 valence electrons. The second-order valence-electron chi connectivity index (χ2n) is 7.46. The number of anilines is 2. The van der Waals surface area contributed by atoms with Gasteiger partial charge in [0.15, 0.2) is 0 Å². The predicted molar refractivity (Wildman–Crippen MR) is 104 cm³/mol. The summed E-state index contributed by atoms with van der Waals surface area (Å²) in [6, 6.07) is 3.23. The fraction of sp³-hybridized carbons (Fsp3) is 0.529. The summed E-state index contributed by atoms with van der Waals surface area (Å²) in [5, 5.41) is 2.89. The maximum Gasteiger partial charge on any atom is 0.414 e. The molecule has 1 aromatic rings. The lowest BCUT2D eigenvalue weighted by molar-refractivity contribution is 0.0587. The zero-order valence-electron chi connectivity index (χ0n) is 15.5. The second kappa shape index (κ2) is 7.83. The topological polar surface area (TPSA) is 67.9 Å². The molecule has 0 saturated heterocycles. The van der Waals surface area contributed by atoms with Crippen LogP contribution in [0.2, 0.25) is 5.02 Å². The molecule has 0 saturated carbocycles. The van der Waals surface area contributed by atoms with E-state index in [9.17, 15) is 9.59 Å². The lowest BCUT2D eigenvalue weighted by Crippen LogP contribution is -2.34. The first-order valence-electron chi connectivity index (χ1n) is 7.65. The average Bonchev–Trinajstić information content (AvgIpc) is 2.38. The second-order valence-corrected chi connectivity index (χ2v) is 8.69. The molecule has 0 spiro atoms. The molecule has 6 nitrogen and oxygen atoms in total. The molecule has 0 unspecified atom stereocenters. The van der Waals surface area contributed by atoms with Crippen LogP contribution in [0.3, 0.4) is 0 Å². The van der Waals surface area contributed by atoms with Crippen LogP contribution in [0.15, 0.2) is 16.6 Å². The number of ether oxygens (including phenoxy) is 2. The summed E-state index contributed by atoms with van der Waals surface area (Å²) < 4.78 is 11.1. The molecular weight excluding hydrogens is 412 g/mol. The van der Waals surface area contributed by atoms with E-state index in [0.717, 1.165) is 0 Å². The highest BCUT2D eigenvalue weighted by molar-refractivity contribution is 9.10. The van der Waals surface area contributed by atoms with Gasteiger partial charge in [-0.05, 0) is 69.6 Å². The molecule has 0 fully saturated rings. The number of nitrogens with zero attached hydrogens (tertiary/aromatic N) is 1. The maximum absolute atomic E-state index is 12.2. The molecule has 0 aromatic heterocycles. The van der Waals surface area contributed by atoms with Crippen molar-refractivity contribution in [3.63, 3.8) is 0 Å². The van der Waals surface area contributed by atoms with Crippen LogP contribution < -0.4 is 10.2 Å². The molecule has 1 rings (SSSR count). The van der Waals surface area contributed by atoms with Gasteiger partial charge in [-0.3, -0.25) is 10.2 Å². The first-order valence-corrected chi connectivity index (χ1v) is 8.82. The van der Waals surface area contributed by atoms with E-state index in [1.165, 1.54) is 4.90 Å². The van der Waals surface area contributed by atoms with Crippen molar-refractivity contribution in [3.05, 3.63) is 21.6 Å². The summed E-state index contributed by atoms with van der Waals surface area (Å²) in [5.74, 6) is 0. The molecule has 0 aliphatic rings. The third-order valence-electron chi connectivity index (χ3n) is 2.70. The molecule has 0 bridgehead atoms. The van der Waals surface area contributed by atoms with Crippen molar-refractivity contribution >= 4 is 51.1 Å². The lowest BCUT2D eigenvalue weighted by atomic mass is 10.2. The Labute approximate surface area is 161 Å². The van der Waals surface area contributed by atoms with Gasteiger partial charge in [0.2, 0.25) is 0 Å². The number of hydrogen-bond donors (Lipinski definition) is 1. The summed E-state index contributed by atoms with van der Waals surface area (Å²) in [6.07, 6.45) is -1.16. The van der Waals surface area contributed by atoms with Crippen LogP contribution in [0.1, 0.15) is 41.5 Å². The Morgan fingerprint density at radius 1 is 1.08 bits per heavy atom. The number of carbonyl (C=O) groups is 2. The first kappa shape index (κ1) is 21.6. The van der Waals surface area contributed by atoms with Crippen LogP contribution in [-0.4, -0.2) is 30.4 Å². The van der Waals surface area contributed by atoms with Crippen LogP contribution >= 0.6 is 27.5 Å². The number of hydrogen-bond acceptors (Lipinski definition) is 4. The molecule has 1 aromatic carbocycles. The van der Waals surface area contributed by atoms with Crippen molar-refractivity contribution in [1.82, 2.24) is 0 Å². The van der Waals surface area contributed by atoms with Gasteiger partial charge in [-0.25, -0.2) is 9.59 Å². The van der Waals surface area contributed by atoms with Crippen molar-refractivity contribution in [2.45, 2.75) is 52.7 Å². The molecule has 0 aliphatic carbocycles. The minimum absolute atomic E-state index is 0.298. The third-order valence-corrected chi connectivity index (χ3v) is 3.96. The van der Waals surface area contributed by atoms with Crippen molar-refractivity contribution < 1.29 is 19.1 Å². The number of carbonyl (C=O) groups excluding carboxylic acids is 2. The highest BCUT2D eigenvalue weighted by atomic mass is 79.9. The molecule has 25 heavy (non-hydrogen) atoms. The molecule has 8 heteroatoms. The van der Waals surface area contributed by atoms with E-state index in [2.05, 4.69) is 21.2 Å². The fourth-order valence-electron chi connectivity index (χ4n) is 1.71. The number of rotatable bonds is 2. The zero-order chi connectivity index (χ0) is 19.6.